The molecular formula is C16H20FN3. The van der Waals surface area contributed by atoms with Gasteiger partial charge in [0.15, 0.2) is 0 Å². The van der Waals surface area contributed by atoms with E-state index in [0.717, 1.165) is 18.5 Å². The second-order valence-electron chi connectivity index (χ2n) is 4.78. The Balaban J connectivity index is 2.24. The molecule has 1 heterocycles. The molecule has 0 radical (unpaired) electrons. The molecule has 0 aliphatic carbocycles. The molecule has 0 aliphatic heterocycles. The van der Waals surface area contributed by atoms with Gasteiger partial charge in [0.05, 0.1) is 0 Å². The molecule has 1 atom stereocenters. The first-order valence-corrected chi connectivity index (χ1v) is 6.89. The van der Waals surface area contributed by atoms with Crippen molar-refractivity contribution in [3.8, 4) is 0 Å². The van der Waals surface area contributed by atoms with Crippen LogP contribution in [0.1, 0.15) is 30.5 Å². The van der Waals surface area contributed by atoms with Gasteiger partial charge in [0.1, 0.15) is 11.6 Å². The Hall–Kier alpha value is -1.94. The molecule has 0 amide bonds. The molecule has 0 saturated heterocycles. The lowest BCUT2D eigenvalue weighted by Crippen LogP contribution is -2.25. The van der Waals surface area contributed by atoms with Gasteiger partial charge in [-0.3, -0.25) is 0 Å². The second-order valence-corrected chi connectivity index (χ2v) is 4.78. The SMILES string of the molecule is CCCNC(Cc1ccccc1F)c1cccnc1N. The van der Waals surface area contributed by atoms with E-state index >= 15 is 0 Å². The van der Waals surface area contributed by atoms with Crippen LogP contribution in [0.15, 0.2) is 42.6 Å². The van der Waals surface area contributed by atoms with E-state index < -0.39 is 0 Å². The summed E-state index contributed by atoms with van der Waals surface area (Å²) in [4.78, 5) is 4.12. The van der Waals surface area contributed by atoms with Crippen molar-refractivity contribution in [3.05, 3.63) is 59.5 Å². The highest BCUT2D eigenvalue weighted by Gasteiger charge is 2.16. The highest BCUT2D eigenvalue weighted by molar-refractivity contribution is 5.41. The average molecular weight is 273 g/mol. The summed E-state index contributed by atoms with van der Waals surface area (Å²) >= 11 is 0. The van der Waals surface area contributed by atoms with Crippen molar-refractivity contribution in [3.63, 3.8) is 0 Å². The lowest BCUT2D eigenvalue weighted by atomic mass is 9.99. The number of pyridine rings is 1. The minimum Gasteiger partial charge on any atom is -0.383 e. The molecule has 0 fully saturated rings. The van der Waals surface area contributed by atoms with Gasteiger partial charge in [-0.25, -0.2) is 9.37 Å². The number of nitrogens with one attached hydrogen (secondary N) is 1. The molecule has 2 rings (SSSR count). The van der Waals surface area contributed by atoms with Crippen LogP contribution in [0.5, 0.6) is 0 Å². The molecule has 2 aromatic rings. The third kappa shape index (κ3) is 3.54. The van der Waals surface area contributed by atoms with Gasteiger partial charge in [0.25, 0.3) is 0 Å². The van der Waals surface area contributed by atoms with Gasteiger partial charge in [-0.2, -0.15) is 0 Å². The number of halogens is 1. The number of benzene rings is 1. The van der Waals surface area contributed by atoms with Crippen LogP contribution in [0, 0.1) is 5.82 Å². The zero-order chi connectivity index (χ0) is 14.4. The third-order valence-corrected chi connectivity index (χ3v) is 3.27. The number of hydrogen-bond acceptors (Lipinski definition) is 3. The van der Waals surface area contributed by atoms with Gasteiger partial charge in [-0.05, 0) is 37.1 Å². The van der Waals surface area contributed by atoms with Gasteiger partial charge in [0, 0.05) is 17.8 Å². The molecule has 0 saturated carbocycles. The number of nitrogen functional groups attached to an aromatic ring is 1. The second kappa shape index (κ2) is 7.01. The Labute approximate surface area is 119 Å². The molecule has 20 heavy (non-hydrogen) atoms. The lowest BCUT2D eigenvalue weighted by Gasteiger charge is -2.20. The monoisotopic (exact) mass is 273 g/mol. The first-order chi connectivity index (χ1) is 9.72. The quantitative estimate of drug-likeness (QED) is 0.850. The minimum absolute atomic E-state index is 0.0273. The van der Waals surface area contributed by atoms with Crippen LogP contribution in [0.2, 0.25) is 0 Å². The summed E-state index contributed by atoms with van der Waals surface area (Å²) in [7, 11) is 0. The van der Waals surface area contributed by atoms with Crippen molar-refractivity contribution in [2.24, 2.45) is 0 Å². The largest absolute Gasteiger partial charge is 0.383 e. The van der Waals surface area contributed by atoms with Crippen molar-refractivity contribution in [1.82, 2.24) is 10.3 Å². The van der Waals surface area contributed by atoms with Crippen LogP contribution in [-0.4, -0.2) is 11.5 Å². The number of nitrogens with two attached hydrogens (primary N) is 1. The third-order valence-electron chi connectivity index (χ3n) is 3.27. The van der Waals surface area contributed by atoms with Crippen LogP contribution in [0.3, 0.4) is 0 Å². The Bertz CT molecular complexity index is 557. The van der Waals surface area contributed by atoms with E-state index in [1.165, 1.54) is 6.07 Å². The number of nitrogens with zero attached hydrogens (tertiary/aromatic N) is 1. The number of aromatic nitrogens is 1. The fraction of sp³-hybridized carbons (Fsp3) is 0.312. The van der Waals surface area contributed by atoms with E-state index in [9.17, 15) is 4.39 Å². The Kier molecular flexibility index (Phi) is 5.07. The molecule has 3 nitrogen and oxygen atoms in total. The highest BCUT2D eigenvalue weighted by atomic mass is 19.1. The molecule has 0 bridgehead atoms. The van der Waals surface area contributed by atoms with Gasteiger partial charge >= 0.3 is 0 Å². The summed E-state index contributed by atoms with van der Waals surface area (Å²) < 4.78 is 13.8. The maximum atomic E-state index is 13.8. The predicted octanol–water partition coefficient (Wildman–Crippen LogP) is 3.09. The average Bonchev–Trinajstić information content (AvgIpc) is 2.46. The summed E-state index contributed by atoms with van der Waals surface area (Å²) in [6, 6.07) is 10.6. The van der Waals surface area contributed by atoms with Crippen LogP contribution in [0.25, 0.3) is 0 Å². The minimum atomic E-state index is -0.182. The number of anilines is 1. The smallest absolute Gasteiger partial charge is 0.128 e. The zero-order valence-electron chi connectivity index (χ0n) is 11.6. The Morgan fingerprint density at radius 1 is 1.25 bits per heavy atom. The molecular weight excluding hydrogens is 253 g/mol. The number of hydrogen-bond donors (Lipinski definition) is 2. The summed E-state index contributed by atoms with van der Waals surface area (Å²) in [6.07, 6.45) is 3.23. The molecule has 106 valence electrons. The molecule has 0 spiro atoms. The standard InChI is InChI=1S/C16H20FN3/c1-2-9-19-15(13-7-5-10-20-16(13)18)11-12-6-3-4-8-14(12)17/h3-8,10,15,19H,2,9,11H2,1H3,(H2,18,20). The normalized spacial score (nSPS) is 12.3. The topological polar surface area (TPSA) is 50.9 Å². The van der Waals surface area contributed by atoms with Crippen molar-refractivity contribution >= 4 is 5.82 Å². The zero-order valence-corrected chi connectivity index (χ0v) is 11.6. The highest BCUT2D eigenvalue weighted by Crippen LogP contribution is 2.23. The molecule has 3 N–H and O–H groups in total. The van der Waals surface area contributed by atoms with E-state index in [1.807, 2.05) is 24.3 Å². The van der Waals surface area contributed by atoms with Crippen LogP contribution < -0.4 is 11.1 Å². The fourth-order valence-corrected chi connectivity index (χ4v) is 2.22. The predicted molar refractivity (Wildman–Crippen MR) is 79.8 cm³/mol. The summed E-state index contributed by atoms with van der Waals surface area (Å²) in [5, 5.41) is 3.42. The van der Waals surface area contributed by atoms with Gasteiger partial charge in [-0.1, -0.05) is 31.2 Å². The van der Waals surface area contributed by atoms with Crippen LogP contribution in [-0.2, 0) is 6.42 Å². The van der Waals surface area contributed by atoms with Gasteiger partial charge in [-0.15, -0.1) is 0 Å². The van der Waals surface area contributed by atoms with E-state index in [2.05, 4.69) is 17.2 Å². The van der Waals surface area contributed by atoms with Crippen molar-refractivity contribution in [2.75, 3.05) is 12.3 Å². The van der Waals surface area contributed by atoms with Gasteiger partial charge < -0.3 is 11.1 Å². The van der Waals surface area contributed by atoms with Gasteiger partial charge in [0.2, 0.25) is 0 Å². The van der Waals surface area contributed by atoms with Crippen molar-refractivity contribution in [1.29, 1.82) is 0 Å². The summed E-state index contributed by atoms with van der Waals surface area (Å²) in [5.74, 6) is 0.315. The van der Waals surface area contributed by atoms with Crippen molar-refractivity contribution in [2.45, 2.75) is 25.8 Å². The molecule has 1 aromatic carbocycles. The lowest BCUT2D eigenvalue weighted by molar-refractivity contribution is 0.513. The first kappa shape index (κ1) is 14.5. The number of rotatable bonds is 6. The van der Waals surface area contributed by atoms with Crippen LogP contribution >= 0.6 is 0 Å². The Morgan fingerprint density at radius 2 is 2.05 bits per heavy atom. The van der Waals surface area contributed by atoms with E-state index in [4.69, 9.17) is 5.73 Å². The van der Waals surface area contributed by atoms with E-state index in [1.54, 1.807) is 12.3 Å². The van der Waals surface area contributed by atoms with Crippen LogP contribution in [0.4, 0.5) is 10.2 Å². The molecule has 1 unspecified atom stereocenters. The van der Waals surface area contributed by atoms with Crippen molar-refractivity contribution < 1.29 is 4.39 Å². The summed E-state index contributed by atoms with van der Waals surface area (Å²) in [6.45, 7) is 2.95. The molecule has 0 aliphatic rings. The molecule has 4 heteroatoms. The van der Waals surface area contributed by atoms with E-state index in [-0.39, 0.29) is 11.9 Å². The maximum absolute atomic E-state index is 13.8. The van der Waals surface area contributed by atoms with E-state index in [0.29, 0.717) is 17.8 Å². The first-order valence-electron chi connectivity index (χ1n) is 6.89. The maximum Gasteiger partial charge on any atom is 0.128 e. The molecule has 1 aromatic heterocycles. The Morgan fingerprint density at radius 3 is 2.75 bits per heavy atom. The fourth-order valence-electron chi connectivity index (χ4n) is 2.22. The summed E-state index contributed by atoms with van der Waals surface area (Å²) in [5.41, 5.74) is 7.55.